The summed E-state index contributed by atoms with van der Waals surface area (Å²) in [4.78, 5) is 20.3. The van der Waals surface area contributed by atoms with Gasteiger partial charge in [-0.2, -0.15) is 0 Å². The van der Waals surface area contributed by atoms with E-state index in [9.17, 15) is 4.79 Å². The third-order valence-corrected chi connectivity index (χ3v) is 3.49. The Balaban J connectivity index is 1.89. The van der Waals surface area contributed by atoms with Crippen molar-refractivity contribution in [3.05, 3.63) is 16.7 Å². The quantitative estimate of drug-likeness (QED) is 0.725. The number of aromatic nitrogens is 2. The van der Waals surface area contributed by atoms with Gasteiger partial charge >= 0.3 is 0 Å². The maximum atomic E-state index is 11.3. The monoisotopic (exact) mass is 251 g/mol. The molecule has 0 saturated carbocycles. The second-order valence-corrected chi connectivity index (χ2v) is 5.12. The molecule has 1 atom stereocenters. The van der Waals surface area contributed by atoms with Crippen LogP contribution in [-0.4, -0.2) is 40.5 Å². The maximum Gasteiger partial charge on any atom is 0.276 e. The first-order valence-corrected chi connectivity index (χ1v) is 6.39. The summed E-state index contributed by atoms with van der Waals surface area (Å²) in [6.07, 6.45) is 2.55. The summed E-state index contributed by atoms with van der Waals surface area (Å²) in [7, 11) is 0. The molecule has 0 bridgehead atoms. The van der Waals surface area contributed by atoms with Crippen LogP contribution in [-0.2, 0) is 0 Å². The molecule has 1 saturated heterocycles. The topological polar surface area (TPSA) is 87.0 Å². The van der Waals surface area contributed by atoms with Crippen LogP contribution in [0.3, 0.4) is 0 Å². The fourth-order valence-electron chi connectivity index (χ4n) is 2.29. The lowest BCUT2D eigenvalue weighted by Gasteiger charge is -2.20. The molecule has 18 heavy (non-hydrogen) atoms. The normalized spacial score (nSPS) is 20.5. The Bertz CT molecular complexity index is 456. The standard InChI is InChI=1S/C12H21N5O/c1-8(2)17-4-3-9(6-17)5-14-11-10(13)12(18)16-7-15-11/h7-9H,3-6,13H2,1-2H3,(H2,14,15,16,18). The molecule has 0 spiro atoms. The van der Waals surface area contributed by atoms with Crippen LogP contribution >= 0.6 is 0 Å². The predicted octanol–water partition coefficient (Wildman–Crippen LogP) is 0.494. The van der Waals surface area contributed by atoms with Crippen LogP contribution < -0.4 is 16.6 Å². The van der Waals surface area contributed by atoms with Gasteiger partial charge in [0.15, 0.2) is 5.82 Å². The molecule has 0 radical (unpaired) electrons. The average Bonchev–Trinajstić information content (AvgIpc) is 2.80. The molecule has 1 aromatic heterocycles. The molecule has 0 aromatic carbocycles. The van der Waals surface area contributed by atoms with E-state index in [2.05, 4.69) is 34.0 Å². The van der Waals surface area contributed by atoms with Gasteiger partial charge in [-0.3, -0.25) is 4.79 Å². The second kappa shape index (κ2) is 5.39. The van der Waals surface area contributed by atoms with E-state index < -0.39 is 0 Å². The van der Waals surface area contributed by atoms with Crippen LogP contribution in [0.4, 0.5) is 11.5 Å². The number of hydrogen-bond donors (Lipinski definition) is 3. The lowest BCUT2D eigenvalue weighted by molar-refractivity contribution is 0.266. The van der Waals surface area contributed by atoms with Crippen molar-refractivity contribution >= 4 is 11.5 Å². The zero-order chi connectivity index (χ0) is 13.1. The van der Waals surface area contributed by atoms with Crippen LogP contribution in [0.15, 0.2) is 11.1 Å². The van der Waals surface area contributed by atoms with Crippen molar-refractivity contribution in [2.45, 2.75) is 26.3 Å². The number of hydrogen-bond acceptors (Lipinski definition) is 5. The summed E-state index contributed by atoms with van der Waals surface area (Å²) >= 11 is 0. The van der Waals surface area contributed by atoms with Gasteiger partial charge in [-0.05, 0) is 32.7 Å². The van der Waals surface area contributed by atoms with E-state index in [1.165, 1.54) is 12.7 Å². The minimum Gasteiger partial charge on any atom is -0.391 e. The molecule has 100 valence electrons. The highest BCUT2D eigenvalue weighted by Crippen LogP contribution is 2.19. The molecule has 0 aliphatic carbocycles. The van der Waals surface area contributed by atoms with Gasteiger partial charge in [-0.1, -0.05) is 0 Å². The van der Waals surface area contributed by atoms with Gasteiger partial charge in [0, 0.05) is 19.1 Å². The van der Waals surface area contributed by atoms with Crippen molar-refractivity contribution in [3.63, 3.8) is 0 Å². The highest BCUT2D eigenvalue weighted by atomic mass is 16.1. The number of nitrogens with two attached hydrogens (primary N) is 1. The smallest absolute Gasteiger partial charge is 0.276 e. The molecule has 4 N–H and O–H groups in total. The van der Waals surface area contributed by atoms with Crippen LogP contribution in [0.25, 0.3) is 0 Å². The summed E-state index contributed by atoms with van der Waals surface area (Å²) in [5, 5.41) is 3.17. The summed E-state index contributed by atoms with van der Waals surface area (Å²) in [5.41, 5.74) is 5.54. The lowest BCUT2D eigenvalue weighted by atomic mass is 10.1. The third kappa shape index (κ3) is 2.81. The SMILES string of the molecule is CC(C)N1CCC(CNc2nc[nH]c(=O)c2N)C1. The number of likely N-dealkylation sites (tertiary alicyclic amines) is 1. The van der Waals surface area contributed by atoms with Gasteiger partial charge in [-0.15, -0.1) is 0 Å². The summed E-state index contributed by atoms with van der Waals surface area (Å²) in [6, 6.07) is 0.595. The van der Waals surface area contributed by atoms with Crippen molar-refractivity contribution < 1.29 is 0 Å². The number of rotatable bonds is 4. The summed E-state index contributed by atoms with van der Waals surface area (Å²) in [5.74, 6) is 1.08. The first-order chi connectivity index (χ1) is 8.58. The van der Waals surface area contributed by atoms with E-state index in [0.29, 0.717) is 17.8 Å². The van der Waals surface area contributed by atoms with Gasteiger partial charge in [-0.25, -0.2) is 4.98 Å². The number of anilines is 2. The molecule has 2 heterocycles. The van der Waals surface area contributed by atoms with E-state index in [1.54, 1.807) is 0 Å². The molecule has 2 rings (SSSR count). The van der Waals surface area contributed by atoms with E-state index >= 15 is 0 Å². The largest absolute Gasteiger partial charge is 0.391 e. The third-order valence-electron chi connectivity index (χ3n) is 3.49. The van der Waals surface area contributed by atoms with Crippen LogP contribution in [0.1, 0.15) is 20.3 Å². The average molecular weight is 251 g/mol. The maximum absolute atomic E-state index is 11.3. The highest BCUT2D eigenvalue weighted by Gasteiger charge is 2.24. The molecule has 6 heteroatoms. The fraction of sp³-hybridized carbons (Fsp3) is 0.667. The number of nitrogens with zero attached hydrogens (tertiary/aromatic N) is 2. The Labute approximate surface area is 107 Å². The van der Waals surface area contributed by atoms with Crippen LogP contribution in [0, 0.1) is 5.92 Å². The molecule has 6 nitrogen and oxygen atoms in total. The Morgan fingerprint density at radius 1 is 1.67 bits per heavy atom. The first kappa shape index (κ1) is 12.9. The van der Waals surface area contributed by atoms with E-state index in [1.807, 2.05) is 0 Å². The Hall–Kier alpha value is -1.56. The van der Waals surface area contributed by atoms with Crippen LogP contribution in [0.5, 0.6) is 0 Å². The molecule has 1 aromatic rings. The Morgan fingerprint density at radius 3 is 3.11 bits per heavy atom. The van der Waals surface area contributed by atoms with Crippen molar-refractivity contribution in [1.82, 2.24) is 14.9 Å². The van der Waals surface area contributed by atoms with Gasteiger partial charge in [0.25, 0.3) is 5.56 Å². The predicted molar refractivity (Wildman–Crippen MR) is 72.6 cm³/mol. The Kier molecular flexibility index (Phi) is 3.86. The molecule has 0 amide bonds. The fourth-order valence-corrected chi connectivity index (χ4v) is 2.29. The van der Waals surface area contributed by atoms with Gasteiger partial charge in [0.1, 0.15) is 5.69 Å². The van der Waals surface area contributed by atoms with Gasteiger partial charge < -0.3 is 20.9 Å². The molecule has 1 aliphatic heterocycles. The zero-order valence-corrected chi connectivity index (χ0v) is 10.9. The van der Waals surface area contributed by atoms with E-state index in [4.69, 9.17) is 5.73 Å². The van der Waals surface area contributed by atoms with E-state index in [-0.39, 0.29) is 11.2 Å². The second-order valence-electron chi connectivity index (χ2n) is 5.12. The van der Waals surface area contributed by atoms with Crippen molar-refractivity contribution in [2.75, 3.05) is 30.7 Å². The molecular formula is C12H21N5O. The van der Waals surface area contributed by atoms with Crippen LogP contribution in [0.2, 0.25) is 0 Å². The summed E-state index contributed by atoms with van der Waals surface area (Å²) in [6.45, 7) is 7.47. The minimum absolute atomic E-state index is 0.163. The molecular weight excluding hydrogens is 230 g/mol. The molecule has 1 aliphatic rings. The molecule has 1 unspecified atom stereocenters. The lowest BCUT2D eigenvalue weighted by Crippen LogP contribution is -2.29. The zero-order valence-electron chi connectivity index (χ0n) is 10.9. The van der Waals surface area contributed by atoms with E-state index in [0.717, 1.165) is 19.6 Å². The number of nitrogens with one attached hydrogen (secondary N) is 2. The summed E-state index contributed by atoms with van der Waals surface area (Å²) < 4.78 is 0. The van der Waals surface area contributed by atoms with Gasteiger partial charge in [0.05, 0.1) is 6.33 Å². The first-order valence-electron chi connectivity index (χ1n) is 6.39. The van der Waals surface area contributed by atoms with Crippen molar-refractivity contribution in [1.29, 1.82) is 0 Å². The van der Waals surface area contributed by atoms with Gasteiger partial charge in [0.2, 0.25) is 0 Å². The number of aromatic amines is 1. The Morgan fingerprint density at radius 2 is 2.44 bits per heavy atom. The molecule has 1 fully saturated rings. The van der Waals surface area contributed by atoms with Crippen molar-refractivity contribution in [2.24, 2.45) is 5.92 Å². The van der Waals surface area contributed by atoms with Crippen molar-refractivity contribution in [3.8, 4) is 0 Å². The number of H-pyrrole nitrogens is 1. The number of nitrogen functional groups attached to an aromatic ring is 1. The minimum atomic E-state index is -0.289. The highest BCUT2D eigenvalue weighted by molar-refractivity contribution is 5.58.